The molecule has 1 aromatic rings. The van der Waals surface area contributed by atoms with Gasteiger partial charge in [-0.2, -0.15) is 0 Å². The van der Waals surface area contributed by atoms with E-state index >= 15 is 0 Å². The monoisotopic (exact) mass is 309 g/mol. The number of piperidine rings is 1. The van der Waals surface area contributed by atoms with Crippen LogP contribution < -0.4 is 5.73 Å². The zero-order valence-electron chi connectivity index (χ0n) is 12.7. The molecule has 3 heterocycles. The number of likely N-dealkylation sites (tertiary alicyclic amines) is 2. The lowest BCUT2D eigenvalue weighted by atomic mass is 9.91. The van der Waals surface area contributed by atoms with Gasteiger partial charge in [0.15, 0.2) is 0 Å². The van der Waals surface area contributed by atoms with E-state index in [1.54, 1.807) is 4.90 Å². The number of nitrogens with zero attached hydrogens (tertiary/aromatic N) is 6. The van der Waals surface area contributed by atoms with Gasteiger partial charge in [0.2, 0.25) is 11.9 Å². The molecule has 1 amide bonds. The van der Waals surface area contributed by atoms with E-state index < -0.39 is 5.60 Å². The van der Waals surface area contributed by atoms with Crippen molar-refractivity contribution in [1.29, 1.82) is 0 Å². The van der Waals surface area contributed by atoms with Crippen LogP contribution in [0, 0.1) is 0 Å². The molecule has 3 N–H and O–H groups in total. The van der Waals surface area contributed by atoms with Gasteiger partial charge in [-0.3, -0.25) is 4.79 Å². The van der Waals surface area contributed by atoms with Crippen molar-refractivity contribution < 1.29 is 9.90 Å². The van der Waals surface area contributed by atoms with Crippen LogP contribution in [0.5, 0.6) is 0 Å². The predicted molar refractivity (Wildman–Crippen MR) is 78.7 cm³/mol. The maximum atomic E-state index is 12.2. The molecule has 0 bridgehead atoms. The largest absolute Gasteiger partial charge is 0.388 e. The summed E-state index contributed by atoms with van der Waals surface area (Å²) in [5.74, 6) is 0.0677. The van der Waals surface area contributed by atoms with Gasteiger partial charge in [-0.1, -0.05) is 5.10 Å². The first-order valence-corrected chi connectivity index (χ1v) is 7.80. The van der Waals surface area contributed by atoms with Crippen molar-refractivity contribution in [3.63, 3.8) is 0 Å². The second-order valence-electron chi connectivity index (χ2n) is 6.28. The fourth-order valence-corrected chi connectivity index (χ4v) is 3.24. The van der Waals surface area contributed by atoms with Gasteiger partial charge >= 0.3 is 0 Å². The summed E-state index contributed by atoms with van der Waals surface area (Å²) in [6, 6.07) is 0. The van der Waals surface area contributed by atoms with Gasteiger partial charge < -0.3 is 20.6 Å². The van der Waals surface area contributed by atoms with Crippen LogP contribution in [0.3, 0.4) is 0 Å². The van der Waals surface area contributed by atoms with Crippen LogP contribution in [0.2, 0.25) is 0 Å². The minimum atomic E-state index is -0.672. The maximum Gasteiger partial charge on any atom is 0.244 e. The molecular weight excluding hydrogens is 286 g/mol. The number of aliphatic hydroxyl groups is 1. The van der Waals surface area contributed by atoms with E-state index in [1.807, 2.05) is 0 Å². The molecule has 2 fully saturated rings. The van der Waals surface area contributed by atoms with Crippen molar-refractivity contribution in [2.24, 2.45) is 0 Å². The summed E-state index contributed by atoms with van der Waals surface area (Å²) < 4.78 is 1.29. The number of rotatable bonds is 4. The summed E-state index contributed by atoms with van der Waals surface area (Å²) in [7, 11) is 0. The van der Waals surface area contributed by atoms with Crippen molar-refractivity contribution in [3.05, 3.63) is 0 Å². The Morgan fingerprint density at radius 3 is 2.50 bits per heavy atom. The molecular formula is C13H23N7O2. The quantitative estimate of drug-likeness (QED) is 0.711. The lowest BCUT2D eigenvalue weighted by Gasteiger charge is -2.40. The van der Waals surface area contributed by atoms with Gasteiger partial charge in [0.1, 0.15) is 6.54 Å². The summed E-state index contributed by atoms with van der Waals surface area (Å²) in [6.07, 6.45) is 3.66. The van der Waals surface area contributed by atoms with E-state index in [0.717, 1.165) is 19.6 Å². The minimum Gasteiger partial charge on any atom is -0.388 e. The Hall–Kier alpha value is -1.74. The second kappa shape index (κ2) is 6.17. The molecule has 0 saturated carbocycles. The number of aromatic nitrogens is 4. The first-order valence-electron chi connectivity index (χ1n) is 7.80. The van der Waals surface area contributed by atoms with E-state index in [0.29, 0.717) is 25.9 Å². The van der Waals surface area contributed by atoms with E-state index in [1.165, 1.54) is 17.5 Å². The summed E-state index contributed by atoms with van der Waals surface area (Å²) in [5, 5.41) is 21.4. The molecule has 22 heavy (non-hydrogen) atoms. The lowest BCUT2D eigenvalue weighted by molar-refractivity contribution is -0.136. The van der Waals surface area contributed by atoms with Crippen LogP contribution in [0.15, 0.2) is 0 Å². The number of β-amino-alcohol motifs (C(OH)–C–C–N with tert-alkyl or cyclic N) is 1. The molecule has 0 atom stereocenters. The first kappa shape index (κ1) is 15.2. The Labute approximate surface area is 129 Å². The van der Waals surface area contributed by atoms with Crippen LogP contribution in [0.1, 0.15) is 25.7 Å². The van der Waals surface area contributed by atoms with Crippen molar-refractivity contribution in [2.75, 3.05) is 38.5 Å². The molecule has 2 aliphatic heterocycles. The number of hydrogen-bond donors (Lipinski definition) is 2. The van der Waals surface area contributed by atoms with Gasteiger partial charge in [0.05, 0.1) is 5.60 Å². The highest BCUT2D eigenvalue weighted by molar-refractivity contribution is 5.76. The molecule has 9 heteroatoms. The number of nitrogen functional groups attached to an aromatic ring is 1. The highest BCUT2D eigenvalue weighted by Gasteiger charge is 2.36. The average molecular weight is 309 g/mol. The van der Waals surface area contributed by atoms with E-state index in [4.69, 9.17) is 5.73 Å². The zero-order valence-corrected chi connectivity index (χ0v) is 12.7. The number of nitrogens with two attached hydrogens (primary N) is 1. The van der Waals surface area contributed by atoms with Crippen LogP contribution >= 0.6 is 0 Å². The lowest BCUT2D eigenvalue weighted by Crippen LogP contribution is -2.52. The molecule has 0 spiro atoms. The molecule has 0 aromatic carbocycles. The van der Waals surface area contributed by atoms with Gasteiger partial charge in [-0.25, -0.2) is 4.68 Å². The summed E-state index contributed by atoms with van der Waals surface area (Å²) in [6.45, 7) is 4.03. The number of amides is 1. The summed E-state index contributed by atoms with van der Waals surface area (Å²) >= 11 is 0. The van der Waals surface area contributed by atoms with Crippen molar-refractivity contribution >= 4 is 11.9 Å². The third-order valence-electron chi connectivity index (χ3n) is 4.61. The molecule has 0 unspecified atom stereocenters. The Morgan fingerprint density at radius 1 is 1.23 bits per heavy atom. The van der Waals surface area contributed by atoms with Crippen LogP contribution in [0.25, 0.3) is 0 Å². The average Bonchev–Trinajstić information content (AvgIpc) is 3.12. The maximum absolute atomic E-state index is 12.2. The Kier molecular flexibility index (Phi) is 4.25. The minimum absolute atomic E-state index is 0.0450. The highest BCUT2D eigenvalue weighted by Crippen LogP contribution is 2.25. The van der Waals surface area contributed by atoms with Crippen LogP contribution in [-0.4, -0.2) is 79.3 Å². The summed E-state index contributed by atoms with van der Waals surface area (Å²) in [4.78, 5) is 16.3. The standard InChI is InChI=1S/C13H23N7O2/c14-12-15-16-17-20(12)9-11(21)19-7-3-13(22,4-8-19)10-18-5-1-2-6-18/h22H,1-10H2,(H2,14,15,17). The van der Waals surface area contributed by atoms with E-state index in [2.05, 4.69) is 20.4 Å². The molecule has 3 rings (SSSR count). The Morgan fingerprint density at radius 2 is 1.91 bits per heavy atom. The fraction of sp³-hybridized carbons (Fsp3) is 0.846. The third kappa shape index (κ3) is 3.36. The van der Waals surface area contributed by atoms with Crippen LogP contribution in [0.4, 0.5) is 5.95 Å². The number of anilines is 1. The van der Waals surface area contributed by atoms with Gasteiger partial charge in [0, 0.05) is 19.6 Å². The van der Waals surface area contributed by atoms with Gasteiger partial charge in [0.25, 0.3) is 0 Å². The predicted octanol–water partition coefficient (Wildman–Crippen LogP) is -1.30. The molecule has 9 nitrogen and oxygen atoms in total. The number of hydrogen-bond acceptors (Lipinski definition) is 7. The smallest absolute Gasteiger partial charge is 0.244 e. The normalized spacial score (nSPS) is 22.1. The van der Waals surface area contributed by atoms with Crippen molar-refractivity contribution in [1.82, 2.24) is 30.0 Å². The summed E-state index contributed by atoms with van der Waals surface area (Å²) in [5.41, 5.74) is 4.89. The number of carbonyl (C=O) groups is 1. The molecule has 0 radical (unpaired) electrons. The fourth-order valence-electron chi connectivity index (χ4n) is 3.24. The molecule has 2 aliphatic rings. The van der Waals surface area contributed by atoms with Crippen molar-refractivity contribution in [3.8, 4) is 0 Å². The van der Waals surface area contributed by atoms with E-state index in [9.17, 15) is 9.90 Å². The number of tetrazole rings is 1. The molecule has 1 aromatic heterocycles. The van der Waals surface area contributed by atoms with E-state index in [-0.39, 0.29) is 18.4 Å². The molecule has 0 aliphatic carbocycles. The SMILES string of the molecule is Nc1nnnn1CC(=O)N1CCC(O)(CN2CCCC2)CC1. The Balaban J connectivity index is 1.50. The first-order chi connectivity index (χ1) is 10.6. The number of carbonyl (C=O) groups excluding carboxylic acids is 1. The van der Waals surface area contributed by atoms with Gasteiger partial charge in [-0.15, -0.1) is 0 Å². The molecule has 122 valence electrons. The van der Waals surface area contributed by atoms with Crippen LogP contribution in [-0.2, 0) is 11.3 Å². The second-order valence-corrected chi connectivity index (χ2v) is 6.28. The van der Waals surface area contributed by atoms with Gasteiger partial charge in [-0.05, 0) is 49.2 Å². The highest BCUT2D eigenvalue weighted by atomic mass is 16.3. The topological polar surface area (TPSA) is 113 Å². The van der Waals surface area contributed by atoms with Crippen molar-refractivity contribution in [2.45, 2.75) is 37.8 Å². The Bertz CT molecular complexity index is 518. The molecule has 2 saturated heterocycles. The zero-order chi connectivity index (χ0) is 15.6. The third-order valence-corrected chi connectivity index (χ3v) is 4.61.